The Bertz CT molecular complexity index is 2040. The van der Waals surface area contributed by atoms with Gasteiger partial charge in [0.25, 0.3) is 0 Å². The molecule has 17 heteroatoms. The van der Waals surface area contributed by atoms with E-state index in [4.69, 9.17) is 0 Å². The first-order valence-corrected chi connectivity index (χ1v) is 26.9. The summed E-state index contributed by atoms with van der Waals surface area (Å²) < 4.78 is 0. The molecule has 0 bridgehead atoms. The Kier molecular flexibility index (Phi) is 23.3. The number of carbonyl (C=O) groups is 8. The molecule has 0 spiro atoms. The van der Waals surface area contributed by atoms with Crippen molar-refractivity contribution in [3.63, 3.8) is 0 Å². The van der Waals surface area contributed by atoms with E-state index in [1.807, 2.05) is 116 Å². The van der Waals surface area contributed by atoms with Crippen LogP contribution in [0.2, 0.25) is 0 Å². The summed E-state index contributed by atoms with van der Waals surface area (Å²) in [6.45, 7) is 18.8. The van der Waals surface area contributed by atoms with Crippen molar-refractivity contribution in [2.24, 2.45) is 16.7 Å². The fourth-order valence-electron chi connectivity index (χ4n) is 9.73. The van der Waals surface area contributed by atoms with Crippen LogP contribution in [0, 0.1) is 16.7 Å². The number of likely N-dealkylation sites (N-methyl/N-ethyl adjacent to an activating group) is 2. The van der Waals surface area contributed by atoms with Crippen LogP contribution in [0.4, 0.5) is 0 Å². The van der Waals surface area contributed by atoms with Gasteiger partial charge in [0.2, 0.25) is 41.4 Å². The van der Waals surface area contributed by atoms with Gasteiger partial charge in [-0.3, -0.25) is 38.4 Å². The van der Waals surface area contributed by atoms with Crippen molar-refractivity contribution >= 4 is 47.1 Å². The van der Waals surface area contributed by atoms with Gasteiger partial charge in [0.1, 0.15) is 30.0 Å². The second-order valence-electron chi connectivity index (χ2n) is 22.9. The molecule has 2 fully saturated rings. The maximum atomic E-state index is 14.4. The van der Waals surface area contributed by atoms with E-state index in [1.54, 1.807) is 32.8 Å². The van der Waals surface area contributed by atoms with E-state index in [2.05, 4.69) is 37.2 Å². The van der Waals surface area contributed by atoms with Gasteiger partial charge in [0.05, 0.1) is 24.2 Å². The predicted octanol–water partition coefficient (Wildman–Crippen LogP) is 5.40. The van der Waals surface area contributed by atoms with Crippen LogP contribution in [0.5, 0.6) is 0 Å². The fourth-order valence-corrected chi connectivity index (χ4v) is 9.73. The normalized spacial score (nSPS) is 20.3. The minimum Gasteiger partial charge on any atom is -0.351 e. The summed E-state index contributed by atoms with van der Waals surface area (Å²) in [5.41, 5.74) is 0.517. The third-order valence-corrected chi connectivity index (χ3v) is 14.6. The number of hydrogen-bond acceptors (Lipinski definition) is 10. The van der Waals surface area contributed by atoms with Gasteiger partial charge in [0, 0.05) is 38.4 Å². The average Bonchev–Trinajstić information content (AvgIpc) is 3.99. The van der Waals surface area contributed by atoms with Gasteiger partial charge >= 0.3 is 0 Å². The third-order valence-electron chi connectivity index (χ3n) is 14.6. The van der Waals surface area contributed by atoms with Crippen molar-refractivity contribution in [2.45, 2.75) is 194 Å². The van der Waals surface area contributed by atoms with Crippen LogP contribution in [-0.4, -0.2) is 126 Å². The van der Waals surface area contributed by atoms with E-state index in [9.17, 15) is 38.4 Å². The van der Waals surface area contributed by atoms with Gasteiger partial charge in [-0.1, -0.05) is 128 Å². The molecule has 7 amide bonds. The van der Waals surface area contributed by atoms with Crippen molar-refractivity contribution in [2.75, 3.05) is 27.2 Å². The first kappa shape index (κ1) is 60.9. The molecule has 2 aliphatic heterocycles. The Hall–Kier alpha value is -5.68. The van der Waals surface area contributed by atoms with E-state index in [0.29, 0.717) is 25.7 Å². The van der Waals surface area contributed by atoms with Crippen molar-refractivity contribution in [3.05, 3.63) is 71.8 Å². The summed E-state index contributed by atoms with van der Waals surface area (Å²) in [4.78, 5) is 112. The summed E-state index contributed by atoms with van der Waals surface area (Å²) in [5.74, 6) is -2.29. The van der Waals surface area contributed by atoms with Crippen molar-refractivity contribution in [3.8, 4) is 0 Å². The predicted molar refractivity (Wildman–Crippen MR) is 288 cm³/mol. The number of nitrogens with one attached hydrogen (secondary N) is 7. The second-order valence-corrected chi connectivity index (χ2v) is 22.9. The lowest BCUT2D eigenvalue weighted by Crippen LogP contribution is -2.59. The van der Waals surface area contributed by atoms with Gasteiger partial charge in [-0.05, 0) is 95.3 Å². The molecule has 17 nitrogen and oxygen atoms in total. The number of nitrogens with zero attached hydrogens (tertiary/aromatic N) is 2. The molecule has 2 aliphatic rings. The monoisotopic (exact) mass is 1030 g/mol. The number of rotatable bonds is 26. The zero-order valence-electron chi connectivity index (χ0n) is 46.4. The van der Waals surface area contributed by atoms with Crippen LogP contribution < -0.4 is 37.2 Å². The standard InChI is InChI=1S/C57H89N9O8/c1-36(41-25-19-17-20-26-41)60-52(71)45-32-40(34-65(45)54(73)48(56(5,6)7)63-50(69)38(3)58-11)31-44(67)29-23-15-13-14-16-24-30-47(68)62-43-33-46(53(72)61-37(2)42-27-21-18-22-28-42)66(35-43)55(74)49(57(8,9)10)64-51(70)39(4)59-12/h17-22,25-28,36-40,43,45-46,48-49,58-59H,13-16,23-24,29-35H2,1-12H3,(H,60,71)(H,61,72)(H,62,68)(H,63,69)(H,64,70)/t36-,37-,38+,39-,40+,43+,45+,46+,48-,49-/m1/s1. The van der Waals surface area contributed by atoms with Crippen LogP contribution in [0.1, 0.15) is 163 Å². The topological polar surface area (TPSA) is 227 Å². The Balaban J connectivity index is 1.27. The molecule has 74 heavy (non-hydrogen) atoms. The highest BCUT2D eigenvalue weighted by Crippen LogP contribution is 2.32. The number of carbonyl (C=O) groups excluding carboxylic acids is 8. The minimum absolute atomic E-state index is 0.0842. The van der Waals surface area contributed by atoms with E-state index >= 15 is 0 Å². The average molecular weight is 1030 g/mol. The lowest BCUT2D eigenvalue weighted by molar-refractivity contribution is -0.144. The van der Waals surface area contributed by atoms with E-state index in [0.717, 1.165) is 36.8 Å². The molecule has 0 radical (unpaired) electrons. The smallest absolute Gasteiger partial charge is 0.246 e. The maximum Gasteiger partial charge on any atom is 0.246 e. The minimum atomic E-state index is -0.917. The maximum absolute atomic E-state index is 14.4. The zero-order chi connectivity index (χ0) is 54.9. The molecule has 0 saturated carbocycles. The van der Waals surface area contributed by atoms with Gasteiger partial charge in [-0.25, -0.2) is 0 Å². The lowest BCUT2D eigenvalue weighted by Gasteiger charge is -2.36. The lowest BCUT2D eigenvalue weighted by atomic mass is 9.85. The van der Waals surface area contributed by atoms with Gasteiger partial charge < -0.3 is 47.0 Å². The number of amides is 7. The summed E-state index contributed by atoms with van der Waals surface area (Å²) in [7, 11) is 3.34. The molecule has 2 aromatic rings. The second kappa shape index (κ2) is 28.3. The van der Waals surface area contributed by atoms with Crippen LogP contribution in [-0.2, 0) is 38.4 Å². The van der Waals surface area contributed by atoms with Gasteiger partial charge in [-0.15, -0.1) is 0 Å². The zero-order valence-corrected chi connectivity index (χ0v) is 46.4. The number of benzene rings is 2. The molecule has 2 aromatic carbocycles. The van der Waals surface area contributed by atoms with E-state index in [-0.39, 0.29) is 97.5 Å². The first-order valence-electron chi connectivity index (χ1n) is 26.9. The third kappa shape index (κ3) is 18.0. The van der Waals surface area contributed by atoms with Crippen molar-refractivity contribution < 1.29 is 38.4 Å². The van der Waals surface area contributed by atoms with E-state index in [1.165, 1.54) is 4.90 Å². The molecular formula is C57H89N9O8. The Morgan fingerprint density at radius 1 is 0.541 bits per heavy atom. The Labute approximate surface area is 441 Å². The molecular weight excluding hydrogens is 939 g/mol. The first-order chi connectivity index (χ1) is 34.9. The Morgan fingerprint density at radius 3 is 1.38 bits per heavy atom. The highest BCUT2D eigenvalue weighted by molar-refractivity contribution is 5.95. The highest BCUT2D eigenvalue weighted by atomic mass is 16.2. The summed E-state index contributed by atoms with van der Waals surface area (Å²) in [6, 6.07) is 13.5. The molecule has 0 unspecified atom stereocenters. The molecule has 10 atom stereocenters. The van der Waals surface area contributed by atoms with E-state index < -0.39 is 53.1 Å². The molecule has 410 valence electrons. The summed E-state index contributed by atoms with van der Waals surface area (Å²) in [6.07, 6.45) is 6.30. The van der Waals surface area contributed by atoms with Crippen molar-refractivity contribution in [1.82, 2.24) is 47.0 Å². The molecule has 2 heterocycles. The molecule has 2 saturated heterocycles. The largest absolute Gasteiger partial charge is 0.351 e. The molecule has 0 aliphatic carbocycles. The van der Waals surface area contributed by atoms with Crippen LogP contribution >= 0.6 is 0 Å². The van der Waals surface area contributed by atoms with Crippen LogP contribution in [0.25, 0.3) is 0 Å². The Morgan fingerprint density at radius 2 is 0.946 bits per heavy atom. The van der Waals surface area contributed by atoms with Crippen molar-refractivity contribution in [1.29, 1.82) is 0 Å². The number of unbranched alkanes of at least 4 members (excludes halogenated alkanes) is 5. The van der Waals surface area contributed by atoms with Crippen LogP contribution in [0.15, 0.2) is 60.7 Å². The van der Waals surface area contributed by atoms with Gasteiger partial charge in [0.15, 0.2) is 0 Å². The van der Waals surface area contributed by atoms with Gasteiger partial charge in [-0.2, -0.15) is 0 Å². The fraction of sp³-hybridized carbons (Fsp3) is 0.649. The summed E-state index contributed by atoms with van der Waals surface area (Å²) in [5, 5.41) is 20.9. The molecule has 7 N–H and O–H groups in total. The SMILES string of the molecule is CN[C@@H](C)C(=O)N[C@H](C(=O)N1C[C@@H](CC(=O)CCCCCCCCC(=O)N[C@H]2C[C@@H](C(=O)N[C@H](C)c3ccccc3)N(C(=O)[C@@H](NC(=O)[C@@H](C)NC)C(C)(C)C)C2)C[C@H]1C(=O)N[C@H](C)c1ccccc1)C(C)(C)C. The summed E-state index contributed by atoms with van der Waals surface area (Å²) >= 11 is 0. The molecule has 0 aromatic heterocycles. The highest BCUT2D eigenvalue weighted by Gasteiger charge is 2.47. The quantitative estimate of drug-likeness (QED) is 0.0594. The number of likely N-dealkylation sites (tertiary alicyclic amines) is 2. The van der Waals surface area contributed by atoms with Crippen LogP contribution in [0.3, 0.4) is 0 Å². The number of Topliss-reactive ketones (excluding diaryl/α,β-unsaturated/α-hetero) is 1. The number of ketones is 1. The number of hydrogen-bond donors (Lipinski definition) is 7. The molecule has 4 rings (SSSR count).